The minimum absolute atomic E-state index is 0.554. The van der Waals surface area contributed by atoms with Gasteiger partial charge in [0.1, 0.15) is 5.15 Å². The first kappa shape index (κ1) is 10.9. The van der Waals surface area contributed by atoms with Gasteiger partial charge in [0.15, 0.2) is 0 Å². The van der Waals surface area contributed by atoms with Gasteiger partial charge < -0.3 is 10.6 Å². The molecule has 0 unspecified atom stereocenters. The molecule has 0 aromatic carbocycles. The fourth-order valence-corrected chi connectivity index (χ4v) is 1.93. The van der Waals surface area contributed by atoms with E-state index in [-0.39, 0.29) is 0 Å². The lowest BCUT2D eigenvalue weighted by molar-refractivity contribution is 0.512. The molecule has 1 fully saturated rings. The zero-order chi connectivity index (χ0) is 10.5. The van der Waals surface area contributed by atoms with Gasteiger partial charge in [-0.1, -0.05) is 17.7 Å². The standard InChI is InChI=1S/C11H16ClN3/c12-11-2-1-9(8-15-11)6-14-7-10-3-4-13-5-10/h1-2,8,10,13-14H,3-7H2/t10-/m0/s1. The Bertz CT molecular complexity index is 293. The summed E-state index contributed by atoms with van der Waals surface area (Å²) in [5.41, 5.74) is 1.19. The fraction of sp³-hybridized carbons (Fsp3) is 0.545. The van der Waals surface area contributed by atoms with Crippen LogP contribution in [0.4, 0.5) is 0 Å². The molecular formula is C11H16ClN3. The average molecular weight is 226 g/mol. The van der Waals surface area contributed by atoms with E-state index < -0.39 is 0 Å². The molecule has 1 saturated heterocycles. The summed E-state index contributed by atoms with van der Waals surface area (Å²) < 4.78 is 0. The van der Waals surface area contributed by atoms with E-state index in [1.54, 1.807) is 0 Å². The van der Waals surface area contributed by atoms with E-state index in [2.05, 4.69) is 15.6 Å². The first-order valence-electron chi connectivity index (χ1n) is 5.36. The van der Waals surface area contributed by atoms with Crippen molar-refractivity contribution in [1.29, 1.82) is 0 Å². The molecule has 2 N–H and O–H groups in total. The monoisotopic (exact) mass is 225 g/mol. The summed E-state index contributed by atoms with van der Waals surface area (Å²) in [6, 6.07) is 3.84. The Morgan fingerprint density at radius 2 is 2.47 bits per heavy atom. The van der Waals surface area contributed by atoms with Gasteiger partial charge >= 0.3 is 0 Å². The van der Waals surface area contributed by atoms with E-state index >= 15 is 0 Å². The lowest BCUT2D eigenvalue weighted by Gasteiger charge is -2.09. The van der Waals surface area contributed by atoms with Crippen LogP contribution >= 0.6 is 11.6 Å². The molecule has 0 aliphatic carbocycles. The Morgan fingerprint density at radius 1 is 1.53 bits per heavy atom. The molecule has 82 valence electrons. The third-order valence-electron chi connectivity index (χ3n) is 2.71. The highest BCUT2D eigenvalue weighted by atomic mass is 35.5. The maximum atomic E-state index is 5.71. The van der Waals surface area contributed by atoms with Crippen molar-refractivity contribution in [3.05, 3.63) is 29.0 Å². The number of hydrogen-bond acceptors (Lipinski definition) is 3. The number of nitrogens with one attached hydrogen (secondary N) is 2. The Balaban J connectivity index is 1.71. The van der Waals surface area contributed by atoms with Gasteiger partial charge in [0.25, 0.3) is 0 Å². The molecule has 3 nitrogen and oxygen atoms in total. The summed E-state index contributed by atoms with van der Waals surface area (Å²) in [6.07, 6.45) is 3.11. The van der Waals surface area contributed by atoms with Crippen LogP contribution < -0.4 is 10.6 Å². The van der Waals surface area contributed by atoms with Crippen LogP contribution in [0.1, 0.15) is 12.0 Å². The summed E-state index contributed by atoms with van der Waals surface area (Å²) in [7, 11) is 0. The van der Waals surface area contributed by atoms with Crippen LogP contribution in [0.15, 0.2) is 18.3 Å². The molecule has 0 bridgehead atoms. The van der Waals surface area contributed by atoms with Gasteiger partial charge in [-0.25, -0.2) is 4.98 Å². The molecule has 15 heavy (non-hydrogen) atoms. The summed E-state index contributed by atoms with van der Waals surface area (Å²) in [5, 5.41) is 7.35. The highest BCUT2D eigenvalue weighted by Gasteiger charge is 2.13. The molecule has 1 aliphatic heterocycles. The third-order valence-corrected chi connectivity index (χ3v) is 2.94. The van der Waals surface area contributed by atoms with Crippen LogP contribution in [0.25, 0.3) is 0 Å². The van der Waals surface area contributed by atoms with Crippen molar-refractivity contribution in [2.24, 2.45) is 5.92 Å². The lowest BCUT2D eigenvalue weighted by Crippen LogP contribution is -2.24. The molecule has 0 saturated carbocycles. The molecule has 0 amide bonds. The Hall–Kier alpha value is -0.640. The van der Waals surface area contributed by atoms with Crippen LogP contribution in [-0.2, 0) is 6.54 Å². The number of aromatic nitrogens is 1. The van der Waals surface area contributed by atoms with Gasteiger partial charge in [0, 0.05) is 12.7 Å². The molecule has 1 aliphatic rings. The maximum absolute atomic E-state index is 5.71. The second-order valence-electron chi connectivity index (χ2n) is 3.98. The Labute approximate surface area is 95.2 Å². The van der Waals surface area contributed by atoms with E-state index in [4.69, 9.17) is 11.6 Å². The summed E-state index contributed by atoms with van der Waals surface area (Å²) >= 11 is 5.71. The van der Waals surface area contributed by atoms with Gasteiger partial charge in [-0.3, -0.25) is 0 Å². The fourth-order valence-electron chi connectivity index (χ4n) is 1.82. The molecule has 2 rings (SSSR count). The second kappa shape index (κ2) is 5.45. The Morgan fingerprint density at radius 3 is 3.13 bits per heavy atom. The van der Waals surface area contributed by atoms with Crippen molar-refractivity contribution in [2.75, 3.05) is 19.6 Å². The van der Waals surface area contributed by atoms with Crippen molar-refractivity contribution in [1.82, 2.24) is 15.6 Å². The predicted octanol–water partition coefficient (Wildman–Crippen LogP) is 1.43. The third kappa shape index (κ3) is 3.45. The molecule has 1 atom stereocenters. The number of nitrogens with zero attached hydrogens (tertiary/aromatic N) is 1. The van der Waals surface area contributed by atoms with E-state index in [0.29, 0.717) is 5.15 Å². The molecule has 1 aromatic rings. The zero-order valence-corrected chi connectivity index (χ0v) is 9.43. The largest absolute Gasteiger partial charge is 0.316 e. The van der Waals surface area contributed by atoms with Crippen molar-refractivity contribution in [3.8, 4) is 0 Å². The SMILES string of the molecule is Clc1ccc(CNC[C@H]2CCNC2)cn1. The summed E-state index contributed by atoms with van der Waals surface area (Å²) in [6.45, 7) is 4.26. The molecule has 0 spiro atoms. The number of hydrogen-bond donors (Lipinski definition) is 2. The number of rotatable bonds is 4. The summed E-state index contributed by atoms with van der Waals surface area (Å²) in [4.78, 5) is 4.04. The second-order valence-corrected chi connectivity index (χ2v) is 4.37. The minimum atomic E-state index is 0.554. The smallest absolute Gasteiger partial charge is 0.129 e. The highest BCUT2D eigenvalue weighted by Crippen LogP contribution is 2.07. The van der Waals surface area contributed by atoms with E-state index in [1.807, 2.05) is 18.3 Å². The van der Waals surface area contributed by atoms with Crippen LogP contribution in [0.5, 0.6) is 0 Å². The van der Waals surface area contributed by atoms with Crippen molar-refractivity contribution in [3.63, 3.8) is 0 Å². The molecule has 0 radical (unpaired) electrons. The number of pyridine rings is 1. The normalized spacial score (nSPS) is 20.7. The van der Waals surface area contributed by atoms with Gasteiger partial charge in [-0.15, -0.1) is 0 Å². The zero-order valence-electron chi connectivity index (χ0n) is 8.67. The topological polar surface area (TPSA) is 37.0 Å². The molecule has 4 heteroatoms. The van der Waals surface area contributed by atoms with Crippen molar-refractivity contribution in [2.45, 2.75) is 13.0 Å². The Kier molecular flexibility index (Phi) is 3.94. The van der Waals surface area contributed by atoms with E-state index in [1.165, 1.54) is 12.0 Å². The van der Waals surface area contributed by atoms with Crippen molar-refractivity contribution < 1.29 is 0 Å². The first-order chi connectivity index (χ1) is 7.34. The van der Waals surface area contributed by atoms with Crippen LogP contribution in [0.3, 0.4) is 0 Å². The lowest BCUT2D eigenvalue weighted by atomic mass is 10.1. The highest BCUT2D eigenvalue weighted by molar-refractivity contribution is 6.29. The van der Waals surface area contributed by atoms with Gasteiger partial charge in [-0.2, -0.15) is 0 Å². The maximum Gasteiger partial charge on any atom is 0.129 e. The molecule has 2 heterocycles. The molecule has 1 aromatic heterocycles. The van der Waals surface area contributed by atoms with Crippen LogP contribution in [-0.4, -0.2) is 24.6 Å². The minimum Gasteiger partial charge on any atom is -0.316 e. The van der Waals surface area contributed by atoms with Gasteiger partial charge in [-0.05, 0) is 43.6 Å². The molecular weight excluding hydrogens is 210 g/mol. The summed E-state index contributed by atoms with van der Waals surface area (Å²) in [5.74, 6) is 0.783. The van der Waals surface area contributed by atoms with E-state index in [0.717, 1.165) is 32.1 Å². The van der Waals surface area contributed by atoms with E-state index in [9.17, 15) is 0 Å². The van der Waals surface area contributed by atoms with Crippen LogP contribution in [0, 0.1) is 5.92 Å². The number of halogens is 1. The predicted molar refractivity (Wildman–Crippen MR) is 61.9 cm³/mol. The van der Waals surface area contributed by atoms with Crippen molar-refractivity contribution >= 4 is 11.6 Å². The van der Waals surface area contributed by atoms with Gasteiger partial charge in [0.05, 0.1) is 0 Å². The van der Waals surface area contributed by atoms with Crippen LogP contribution in [0.2, 0.25) is 5.15 Å². The quantitative estimate of drug-likeness (QED) is 0.762. The van der Waals surface area contributed by atoms with Gasteiger partial charge in [0.2, 0.25) is 0 Å². The average Bonchev–Trinajstić information content (AvgIpc) is 2.74. The first-order valence-corrected chi connectivity index (χ1v) is 5.74.